The molecule has 1 saturated carbocycles. The van der Waals surface area contributed by atoms with Gasteiger partial charge in [-0.3, -0.25) is 4.55 Å². The molecule has 2 heterocycles. The predicted molar refractivity (Wildman–Crippen MR) is 80.3 cm³/mol. The fraction of sp³-hybridized carbons (Fsp3) is 0.615. The highest BCUT2D eigenvalue weighted by Gasteiger charge is 2.31. The standard InChI is InChI=1S/C13H18ClN3O3S/c14-12-7-11(21(18,19)20)8-15-13(12)16-9-3-5-17(6-4-9)10-1-2-10/h7-10H,1-6H2,(H,15,16)(H,18,19,20). The molecule has 8 heteroatoms. The lowest BCUT2D eigenvalue weighted by Crippen LogP contribution is -2.40. The Bertz CT molecular complexity index is 626. The SMILES string of the molecule is O=S(=O)(O)c1cnc(NC2CCN(C3CC3)CC2)c(Cl)c1. The minimum absolute atomic E-state index is 0.203. The molecule has 0 unspecified atom stereocenters. The summed E-state index contributed by atoms with van der Waals surface area (Å²) in [6.07, 6.45) is 5.80. The van der Waals surface area contributed by atoms with Gasteiger partial charge in [0, 0.05) is 25.2 Å². The number of piperidine rings is 1. The van der Waals surface area contributed by atoms with Gasteiger partial charge >= 0.3 is 0 Å². The van der Waals surface area contributed by atoms with Gasteiger partial charge in [-0.1, -0.05) is 11.6 Å². The van der Waals surface area contributed by atoms with Crippen molar-refractivity contribution in [2.75, 3.05) is 18.4 Å². The van der Waals surface area contributed by atoms with Gasteiger partial charge in [-0.2, -0.15) is 8.42 Å². The fourth-order valence-corrected chi connectivity index (χ4v) is 3.45. The van der Waals surface area contributed by atoms with Crippen molar-refractivity contribution in [3.8, 4) is 0 Å². The molecule has 1 aromatic heterocycles. The van der Waals surface area contributed by atoms with Crippen LogP contribution in [0.3, 0.4) is 0 Å². The first-order valence-corrected chi connectivity index (χ1v) is 8.89. The zero-order chi connectivity index (χ0) is 15.0. The highest BCUT2D eigenvalue weighted by Crippen LogP contribution is 2.30. The van der Waals surface area contributed by atoms with Crippen molar-refractivity contribution in [2.24, 2.45) is 0 Å². The number of nitrogens with one attached hydrogen (secondary N) is 1. The van der Waals surface area contributed by atoms with Crippen LogP contribution in [0.4, 0.5) is 5.82 Å². The summed E-state index contributed by atoms with van der Waals surface area (Å²) >= 11 is 6.03. The van der Waals surface area contributed by atoms with Crippen LogP contribution in [0.2, 0.25) is 5.02 Å². The summed E-state index contributed by atoms with van der Waals surface area (Å²) in [5.74, 6) is 0.467. The van der Waals surface area contributed by atoms with Gasteiger partial charge < -0.3 is 10.2 Å². The molecule has 116 valence electrons. The van der Waals surface area contributed by atoms with Gasteiger partial charge in [0.1, 0.15) is 10.7 Å². The van der Waals surface area contributed by atoms with E-state index in [1.807, 2.05) is 0 Å². The van der Waals surface area contributed by atoms with Gasteiger partial charge in [0.25, 0.3) is 10.1 Å². The maximum absolute atomic E-state index is 11.0. The minimum Gasteiger partial charge on any atom is -0.366 e. The second-order valence-electron chi connectivity index (χ2n) is 5.66. The first-order valence-electron chi connectivity index (χ1n) is 7.07. The fourth-order valence-electron chi connectivity index (χ4n) is 2.71. The molecule has 0 atom stereocenters. The first kappa shape index (κ1) is 15.0. The average molecular weight is 332 g/mol. The van der Waals surface area contributed by atoms with Crippen LogP contribution in [0.5, 0.6) is 0 Å². The Morgan fingerprint density at radius 1 is 1.29 bits per heavy atom. The summed E-state index contributed by atoms with van der Waals surface area (Å²) in [4.78, 5) is 6.24. The molecule has 1 aromatic rings. The molecule has 0 bridgehead atoms. The molecule has 1 aliphatic heterocycles. The summed E-state index contributed by atoms with van der Waals surface area (Å²) in [6, 6.07) is 2.30. The lowest BCUT2D eigenvalue weighted by Gasteiger charge is -2.32. The second-order valence-corrected chi connectivity index (χ2v) is 7.49. The van der Waals surface area contributed by atoms with Gasteiger partial charge in [-0.15, -0.1) is 0 Å². The smallest absolute Gasteiger partial charge is 0.296 e. The van der Waals surface area contributed by atoms with Crippen LogP contribution in [0.25, 0.3) is 0 Å². The minimum atomic E-state index is -4.27. The number of pyridine rings is 1. The van der Waals surface area contributed by atoms with E-state index in [9.17, 15) is 8.42 Å². The third-order valence-electron chi connectivity index (χ3n) is 4.05. The molecule has 0 amide bonds. The molecule has 3 rings (SSSR count). The third kappa shape index (κ3) is 3.66. The van der Waals surface area contributed by atoms with Gasteiger partial charge in [0.15, 0.2) is 0 Å². The number of rotatable bonds is 4. The number of hydrogen-bond acceptors (Lipinski definition) is 5. The van der Waals surface area contributed by atoms with Crippen molar-refractivity contribution < 1.29 is 13.0 Å². The van der Waals surface area contributed by atoms with Gasteiger partial charge in [0.2, 0.25) is 0 Å². The van der Waals surface area contributed by atoms with Crippen molar-refractivity contribution >= 4 is 27.5 Å². The summed E-state index contributed by atoms with van der Waals surface area (Å²) in [5.41, 5.74) is 0. The van der Waals surface area contributed by atoms with Crippen molar-refractivity contribution in [3.05, 3.63) is 17.3 Å². The number of aromatic nitrogens is 1. The summed E-state index contributed by atoms with van der Waals surface area (Å²) in [7, 11) is -4.27. The zero-order valence-corrected chi connectivity index (χ0v) is 13.1. The first-order chi connectivity index (χ1) is 9.93. The van der Waals surface area contributed by atoms with Crippen molar-refractivity contribution in [2.45, 2.75) is 42.7 Å². The number of anilines is 1. The maximum Gasteiger partial charge on any atom is 0.296 e. The van der Waals surface area contributed by atoms with E-state index >= 15 is 0 Å². The van der Waals surface area contributed by atoms with Crippen LogP contribution in [-0.4, -0.2) is 48.0 Å². The van der Waals surface area contributed by atoms with Gasteiger partial charge in [0.05, 0.1) is 11.2 Å². The maximum atomic E-state index is 11.0. The Hall–Kier alpha value is -0.890. The topological polar surface area (TPSA) is 82.5 Å². The van der Waals surface area contributed by atoms with E-state index in [0.717, 1.165) is 38.2 Å². The van der Waals surface area contributed by atoms with E-state index in [-0.39, 0.29) is 9.92 Å². The van der Waals surface area contributed by atoms with E-state index in [0.29, 0.717) is 11.9 Å². The largest absolute Gasteiger partial charge is 0.366 e. The van der Waals surface area contributed by atoms with Crippen LogP contribution < -0.4 is 5.32 Å². The molecule has 0 spiro atoms. The van der Waals surface area contributed by atoms with E-state index in [2.05, 4.69) is 15.2 Å². The Balaban J connectivity index is 1.63. The van der Waals surface area contributed by atoms with Crippen LogP contribution >= 0.6 is 11.6 Å². The molecule has 2 fully saturated rings. The molecule has 6 nitrogen and oxygen atoms in total. The van der Waals surface area contributed by atoms with Crippen LogP contribution in [0.1, 0.15) is 25.7 Å². The average Bonchev–Trinajstić information content (AvgIpc) is 3.25. The Morgan fingerprint density at radius 3 is 2.48 bits per heavy atom. The molecule has 1 aliphatic carbocycles. The van der Waals surface area contributed by atoms with E-state index < -0.39 is 10.1 Å². The number of halogens is 1. The molecular formula is C13H18ClN3O3S. The van der Waals surface area contributed by atoms with Crippen molar-refractivity contribution in [1.82, 2.24) is 9.88 Å². The molecule has 21 heavy (non-hydrogen) atoms. The Morgan fingerprint density at radius 2 is 1.95 bits per heavy atom. The van der Waals surface area contributed by atoms with Crippen LogP contribution in [0.15, 0.2) is 17.2 Å². The second kappa shape index (κ2) is 5.72. The van der Waals surface area contributed by atoms with Crippen molar-refractivity contribution in [1.29, 1.82) is 0 Å². The van der Waals surface area contributed by atoms with Gasteiger partial charge in [-0.25, -0.2) is 4.98 Å². The van der Waals surface area contributed by atoms with E-state index in [4.69, 9.17) is 16.2 Å². The van der Waals surface area contributed by atoms with Crippen LogP contribution in [-0.2, 0) is 10.1 Å². The monoisotopic (exact) mass is 331 g/mol. The van der Waals surface area contributed by atoms with E-state index in [1.165, 1.54) is 18.9 Å². The highest BCUT2D eigenvalue weighted by atomic mass is 35.5. The highest BCUT2D eigenvalue weighted by molar-refractivity contribution is 7.85. The lowest BCUT2D eigenvalue weighted by atomic mass is 10.0. The van der Waals surface area contributed by atoms with Gasteiger partial charge in [-0.05, 0) is 31.7 Å². The molecule has 0 radical (unpaired) electrons. The predicted octanol–water partition coefficient (Wildman–Crippen LogP) is 2.02. The number of hydrogen-bond donors (Lipinski definition) is 2. The third-order valence-corrected chi connectivity index (χ3v) is 5.15. The van der Waals surface area contributed by atoms with Crippen molar-refractivity contribution in [3.63, 3.8) is 0 Å². The normalized spacial score (nSPS) is 21.4. The van der Waals surface area contributed by atoms with Crippen LogP contribution in [0, 0.1) is 0 Å². The Kier molecular flexibility index (Phi) is 4.09. The zero-order valence-electron chi connectivity index (χ0n) is 11.5. The molecule has 2 aliphatic rings. The Labute approximate surface area is 129 Å². The number of likely N-dealkylation sites (tertiary alicyclic amines) is 1. The molecular weight excluding hydrogens is 314 g/mol. The number of nitrogens with zero attached hydrogens (tertiary/aromatic N) is 2. The molecule has 1 saturated heterocycles. The summed E-state index contributed by atoms with van der Waals surface area (Å²) < 4.78 is 31.0. The van der Waals surface area contributed by atoms with E-state index in [1.54, 1.807) is 0 Å². The lowest BCUT2D eigenvalue weighted by molar-refractivity contribution is 0.210. The molecule has 0 aromatic carbocycles. The summed E-state index contributed by atoms with van der Waals surface area (Å²) in [6.45, 7) is 2.14. The summed E-state index contributed by atoms with van der Waals surface area (Å²) in [5, 5.41) is 3.46. The molecule has 2 N–H and O–H groups in total. The quantitative estimate of drug-likeness (QED) is 0.821.